The molecule has 45 heavy (non-hydrogen) atoms. The van der Waals surface area contributed by atoms with Gasteiger partial charge in [-0.3, -0.25) is 13.9 Å². The number of carbonyl (C=O) groups is 1. The van der Waals surface area contributed by atoms with Crippen molar-refractivity contribution in [1.82, 2.24) is 14.1 Å². The van der Waals surface area contributed by atoms with Gasteiger partial charge < -0.3 is 4.74 Å². The number of aromatic nitrogens is 3. The molecule has 3 heterocycles. The largest absolute Gasteiger partial charge is 0.461 e. The Morgan fingerprint density at radius 3 is 1.82 bits per heavy atom. The summed E-state index contributed by atoms with van der Waals surface area (Å²) in [5, 5.41) is 4.64. The predicted octanol–water partition coefficient (Wildman–Crippen LogP) is 9.33. The molecule has 8 rings (SSSR count). The SMILES string of the molecule is C=CC1CC(C=C)C(C(=O)OCc2ccc3c(c2)c2ccccc2n3-c2cccc(-n3c4ccccc4c4ccccc43)n2)C1. The molecule has 1 fully saturated rings. The van der Waals surface area contributed by atoms with E-state index in [4.69, 9.17) is 9.72 Å². The third-order valence-electron chi connectivity index (χ3n) is 9.46. The number of esters is 1. The fraction of sp³-hybridized carbons (Fsp3) is 0.150. The highest BCUT2D eigenvalue weighted by Gasteiger charge is 2.36. The molecule has 1 aliphatic carbocycles. The van der Waals surface area contributed by atoms with Crippen LogP contribution in [0.5, 0.6) is 0 Å². The van der Waals surface area contributed by atoms with E-state index >= 15 is 0 Å². The molecule has 0 N–H and O–H groups in total. The summed E-state index contributed by atoms with van der Waals surface area (Å²) in [5.74, 6) is 1.85. The Balaban J connectivity index is 1.18. The van der Waals surface area contributed by atoms with E-state index in [0.717, 1.165) is 62.9 Å². The van der Waals surface area contributed by atoms with E-state index in [-0.39, 0.29) is 24.4 Å². The van der Waals surface area contributed by atoms with Gasteiger partial charge in [0.2, 0.25) is 0 Å². The fourth-order valence-electron chi connectivity index (χ4n) is 7.28. The molecule has 220 valence electrons. The molecule has 0 bridgehead atoms. The first-order valence-electron chi connectivity index (χ1n) is 15.5. The van der Waals surface area contributed by atoms with Gasteiger partial charge in [0.15, 0.2) is 0 Å². The summed E-state index contributed by atoms with van der Waals surface area (Å²) in [6.07, 6.45) is 5.51. The van der Waals surface area contributed by atoms with Gasteiger partial charge in [-0.15, -0.1) is 13.2 Å². The van der Waals surface area contributed by atoms with Crippen molar-refractivity contribution in [3.63, 3.8) is 0 Å². The Morgan fingerprint density at radius 1 is 0.689 bits per heavy atom. The van der Waals surface area contributed by atoms with E-state index in [1.165, 1.54) is 10.8 Å². The molecule has 0 saturated heterocycles. The van der Waals surface area contributed by atoms with Crippen LogP contribution in [0.25, 0.3) is 55.2 Å². The molecule has 1 aliphatic rings. The van der Waals surface area contributed by atoms with Gasteiger partial charge >= 0.3 is 5.97 Å². The molecular formula is C40H33N3O2. The normalized spacial score (nSPS) is 18.2. The lowest BCUT2D eigenvalue weighted by atomic mass is 9.96. The second-order valence-electron chi connectivity index (χ2n) is 12.0. The van der Waals surface area contributed by atoms with E-state index in [9.17, 15) is 4.79 Å². The quantitative estimate of drug-likeness (QED) is 0.138. The lowest BCUT2D eigenvalue weighted by molar-refractivity contribution is -0.150. The van der Waals surface area contributed by atoms with Crippen LogP contribution in [0, 0.1) is 17.8 Å². The molecule has 3 atom stereocenters. The van der Waals surface area contributed by atoms with E-state index in [2.05, 4.69) is 125 Å². The monoisotopic (exact) mass is 587 g/mol. The molecule has 3 aromatic heterocycles. The fourth-order valence-corrected chi connectivity index (χ4v) is 7.28. The highest BCUT2D eigenvalue weighted by molar-refractivity contribution is 6.10. The van der Waals surface area contributed by atoms with E-state index < -0.39 is 0 Å². The number of fused-ring (bicyclic) bond motifs is 6. The smallest absolute Gasteiger partial charge is 0.309 e. The first-order valence-corrected chi connectivity index (χ1v) is 15.5. The summed E-state index contributed by atoms with van der Waals surface area (Å²) in [6.45, 7) is 8.10. The van der Waals surface area contributed by atoms with E-state index in [1.807, 2.05) is 18.2 Å². The van der Waals surface area contributed by atoms with Crippen molar-refractivity contribution in [3.05, 3.63) is 140 Å². The maximum Gasteiger partial charge on any atom is 0.309 e. The molecule has 5 nitrogen and oxygen atoms in total. The number of nitrogens with zero attached hydrogens (tertiary/aromatic N) is 3. The number of allylic oxidation sites excluding steroid dienone is 2. The Kier molecular flexibility index (Phi) is 6.60. The van der Waals surface area contributed by atoms with E-state index in [0.29, 0.717) is 5.92 Å². The lowest BCUT2D eigenvalue weighted by Gasteiger charge is -2.15. The van der Waals surface area contributed by atoms with Crippen LogP contribution in [0.4, 0.5) is 0 Å². The zero-order valence-corrected chi connectivity index (χ0v) is 25.0. The van der Waals surface area contributed by atoms with Crippen molar-refractivity contribution in [2.45, 2.75) is 19.4 Å². The zero-order chi connectivity index (χ0) is 30.5. The average Bonchev–Trinajstić information content (AvgIpc) is 3.77. The Labute approximate surface area is 261 Å². The van der Waals surface area contributed by atoms with Crippen molar-refractivity contribution in [2.24, 2.45) is 17.8 Å². The van der Waals surface area contributed by atoms with Crippen LogP contribution < -0.4 is 0 Å². The summed E-state index contributed by atoms with van der Waals surface area (Å²) in [7, 11) is 0. The molecule has 5 heteroatoms. The van der Waals surface area contributed by atoms with Crippen molar-refractivity contribution >= 4 is 49.6 Å². The second-order valence-corrected chi connectivity index (χ2v) is 12.0. The predicted molar refractivity (Wildman–Crippen MR) is 183 cm³/mol. The van der Waals surface area contributed by atoms with Gasteiger partial charge in [0, 0.05) is 21.5 Å². The van der Waals surface area contributed by atoms with Crippen LogP contribution in [0.15, 0.2) is 135 Å². The molecule has 1 saturated carbocycles. The van der Waals surface area contributed by atoms with Gasteiger partial charge in [0.1, 0.15) is 18.2 Å². The van der Waals surface area contributed by atoms with Crippen molar-refractivity contribution in [3.8, 4) is 11.6 Å². The van der Waals surface area contributed by atoms with Crippen LogP contribution in [0.1, 0.15) is 18.4 Å². The highest BCUT2D eigenvalue weighted by atomic mass is 16.5. The van der Waals surface area contributed by atoms with Gasteiger partial charge in [0.25, 0.3) is 0 Å². The van der Waals surface area contributed by atoms with Crippen LogP contribution >= 0.6 is 0 Å². The summed E-state index contributed by atoms with van der Waals surface area (Å²) in [5.41, 5.74) is 5.33. The van der Waals surface area contributed by atoms with Crippen molar-refractivity contribution < 1.29 is 9.53 Å². The molecule has 3 unspecified atom stereocenters. The standard InChI is InChI=1S/C40H33N3O2/c1-3-26-22-28(4-2)32(23-26)40(44)45-25-27-20-21-37-33(24-27)31-14-7-10-17-36(31)43(37)39-19-11-18-38(41-39)42-34-15-8-5-12-29(34)30-13-6-9-16-35(30)42/h3-21,24,26,28,32H,1-2,22-23,25H2. The number of hydrogen-bond donors (Lipinski definition) is 0. The summed E-state index contributed by atoms with van der Waals surface area (Å²) in [4.78, 5) is 18.3. The zero-order valence-electron chi connectivity index (χ0n) is 25.0. The van der Waals surface area contributed by atoms with Crippen molar-refractivity contribution in [2.75, 3.05) is 0 Å². The number of pyridine rings is 1. The number of benzene rings is 4. The number of ether oxygens (including phenoxy) is 1. The number of rotatable bonds is 7. The third-order valence-corrected chi connectivity index (χ3v) is 9.46. The molecule has 0 spiro atoms. The molecule has 0 aliphatic heterocycles. The van der Waals surface area contributed by atoms with Crippen molar-refractivity contribution in [1.29, 1.82) is 0 Å². The van der Waals surface area contributed by atoms with Crippen LogP contribution in [-0.2, 0) is 16.1 Å². The van der Waals surface area contributed by atoms with Crippen LogP contribution in [0.3, 0.4) is 0 Å². The first kappa shape index (κ1) is 27.2. The minimum atomic E-state index is -0.163. The van der Waals surface area contributed by atoms with Gasteiger partial charge in [-0.05, 0) is 72.7 Å². The van der Waals surface area contributed by atoms with Gasteiger partial charge in [-0.2, -0.15) is 0 Å². The average molecular weight is 588 g/mol. The number of para-hydroxylation sites is 3. The summed E-state index contributed by atoms with van der Waals surface area (Å²) < 4.78 is 10.3. The first-order chi connectivity index (χ1) is 22.1. The van der Waals surface area contributed by atoms with Gasteiger partial charge in [0.05, 0.1) is 28.0 Å². The topological polar surface area (TPSA) is 49.0 Å². The Hall–Kier alpha value is -5.42. The second kappa shape index (κ2) is 10.9. The van der Waals surface area contributed by atoms with Crippen LogP contribution in [0.2, 0.25) is 0 Å². The molecule has 0 amide bonds. The Bertz CT molecular complexity index is 2220. The lowest BCUT2D eigenvalue weighted by Crippen LogP contribution is -2.20. The number of carbonyl (C=O) groups excluding carboxylic acids is 1. The molecule has 7 aromatic rings. The molecule has 0 radical (unpaired) electrons. The third kappa shape index (κ3) is 4.46. The minimum Gasteiger partial charge on any atom is -0.461 e. The summed E-state index contributed by atoms with van der Waals surface area (Å²) >= 11 is 0. The molecular weight excluding hydrogens is 554 g/mol. The van der Waals surface area contributed by atoms with E-state index in [1.54, 1.807) is 0 Å². The summed E-state index contributed by atoms with van der Waals surface area (Å²) in [6, 6.07) is 37.9. The Morgan fingerprint density at radius 2 is 1.24 bits per heavy atom. The maximum atomic E-state index is 13.1. The van der Waals surface area contributed by atoms with Gasteiger partial charge in [-0.25, -0.2) is 4.98 Å². The maximum absolute atomic E-state index is 13.1. The molecule has 4 aromatic carbocycles. The minimum absolute atomic E-state index is 0.131. The van der Waals surface area contributed by atoms with Crippen LogP contribution in [-0.4, -0.2) is 20.1 Å². The highest BCUT2D eigenvalue weighted by Crippen LogP contribution is 2.39. The van der Waals surface area contributed by atoms with Gasteiger partial charge in [-0.1, -0.05) is 78.9 Å². The number of hydrogen-bond acceptors (Lipinski definition) is 3.